The summed E-state index contributed by atoms with van der Waals surface area (Å²) in [5, 5.41) is 7.73. The van der Waals surface area contributed by atoms with Crippen molar-refractivity contribution in [1.29, 1.82) is 0 Å². The third kappa shape index (κ3) is 6.33. The first-order valence-corrected chi connectivity index (χ1v) is 9.41. The summed E-state index contributed by atoms with van der Waals surface area (Å²) >= 11 is 6.01. The first-order chi connectivity index (χ1) is 14.2. The molecule has 0 aliphatic carbocycles. The molecular weight excluding hydrogens is 419 g/mol. The van der Waals surface area contributed by atoms with Crippen molar-refractivity contribution in [2.45, 2.75) is 26.3 Å². The van der Waals surface area contributed by atoms with Gasteiger partial charge in [0.25, 0.3) is 5.91 Å². The number of alkyl halides is 3. The number of anilines is 1. The van der Waals surface area contributed by atoms with E-state index in [9.17, 15) is 18.0 Å². The lowest BCUT2D eigenvalue weighted by molar-refractivity contribution is -0.176. The number of hydrogen-bond donors (Lipinski definition) is 1. The molecule has 0 atom stereocenters. The van der Waals surface area contributed by atoms with Crippen molar-refractivity contribution in [3.05, 3.63) is 82.0 Å². The van der Waals surface area contributed by atoms with E-state index in [2.05, 4.69) is 15.2 Å². The van der Waals surface area contributed by atoms with Crippen molar-refractivity contribution in [1.82, 2.24) is 9.78 Å². The fourth-order valence-electron chi connectivity index (χ4n) is 2.82. The molecule has 1 heterocycles. The largest absolute Gasteiger partial charge is 0.411 e. The number of hydrogen-bond acceptors (Lipinski definition) is 3. The summed E-state index contributed by atoms with van der Waals surface area (Å²) in [5.41, 5.74) is 2.58. The molecule has 0 saturated heterocycles. The molecule has 0 fully saturated rings. The molecule has 30 heavy (non-hydrogen) atoms. The van der Waals surface area contributed by atoms with Crippen LogP contribution in [0.2, 0.25) is 5.02 Å². The maximum absolute atomic E-state index is 12.5. The maximum atomic E-state index is 12.5. The third-order valence-electron chi connectivity index (χ3n) is 4.17. The third-order valence-corrected chi connectivity index (χ3v) is 4.40. The lowest BCUT2D eigenvalue weighted by atomic mass is 10.1. The van der Waals surface area contributed by atoms with E-state index in [4.69, 9.17) is 11.6 Å². The number of halogens is 4. The van der Waals surface area contributed by atoms with Crippen molar-refractivity contribution in [3.8, 4) is 0 Å². The first-order valence-electron chi connectivity index (χ1n) is 9.03. The fraction of sp³-hybridized carbons (Fsp3) is 0.238. The highest BCUT2D eigenvalue weighted by Crippen LogP contribution is 2.17. The second kappa shape index (κ2) is 9.32. The summed E-state index contributed by atoms with van der Waals surface area (Å²) in [5.74, 6) is -0.0432. The molecule has 0 saturated carbocycles. The van der Waals surface area contributed by atoms with Crippen LogP contribution in [0.3, 0.4) is 0 Å². The van der Waals surface area contributed by atoms with Gasteiger partial charge in [0.05, 0.1) is 13.2 Å². The molecule has 1 amide bonds. The molecule has 3 aromatic rings. The number of nitrogens with one attached hydrogen (secondary N) is 1. The molecule has 0 radical (unpaired) electrons. The van der Waals surface area contributed by atoms with Crippen LogP contribution in [0.15, 0.2) is 54.6 Å². The highest BCUT2D eigenvalue weighted by atomic mass is 35.5. The Kier molecular flexibility index (Phi) is 6.79. The predicted molar refractivity (Wildman–Crippen MR) is 108 cm³/mol. The average Bonchev–Trinajstić information content (AvgIpc) is 3.00. The van der Waals surface area contributed by atoms with Crippen LogP contribution >= 0.6 is 11.6 Å². The molecule has 0 spiro atoms. The summed E-state index contributed by atoms with van der Waals surface area (Å²) in [7, 11) is 0. The van der Waals surface area contributed by atoms with E-state index >= 15 is 0 Å². The monoisotopic (exact) mass is 437 g/mol. The molecular formula is C21H19ClF3N3O2. The predicted octanol–water partition coefficient (Wildman–Crippen LogP) is 5.22. The minimum Gasteiger partial charge on any atom is -0.367 e. The highest BCUT2D eigenvalue weighted by Gasteiger charge is 2.27. The SMILES string of the molecule is Cc1cc(NC(=O)c2cccc(COCC(F)(F)F)c2)nn1Cc1cccc(Cl)c1. The lowest BCUT2D eigenvalue weighted by Crippen LogP contribution is -2.17. The van der Waals surface area contributed by atoms with Crippen molar-refractivity contribution >= 4 is 23.3 Å². The van der Waals surface area contributed by atoms with Crippen molar-refractivity contribution < 1.29 is 22.7 Å². The van der Waals surface area contributed by atoms with Crippen LogP contribution in [0.25, 0.3) is 0 Å². The number of carbonyl (C=O) groups excluding carboxylic acids is 1. The molecule has 1 N–H and O–H groups in total. The summed E-state index contributed by atoms with van der Waals surface area (Å²) < 4.78 is 43.0. The standard InChI is InChI=1S/C21H19ClF3N3O2/c1-14-8-19(27-28(14)11-15-4-3-7-18(22)10-15)26-20(29)17-6-2-5-16(9-17)12-30-13-21(23,24)25/h2-10H,11-13H2,1H3,(H,26,27,29). The van der Waals surface area contributed by atoms with Gasteiger partial charge in [-0.3, -0.25) is 9.48 Å². The topological polar surface area (TPSA) is 56.1 Å². The second-order valence-electron chi connectivity index (χ2n) is 6.72. The van der Waals surface area contributed by atoms with Crippen LogP contribution in [-0.2, 0) is 17.9 Å². The zero-order valence-corrected chi connectivity index (χ0v) is 16.8. The number of carbonyl (C=O) groups is 1. The minimum absolute atomic E-state index is 0.242. The van der Waals surface area contributed by atoms with E-state index in [-0.39, 0.29) is 6.61 Å². The van der Waals surface area contributed by atoms with Crippen LogP contribution in [-0.4, -0.2) is 28.5 Å². The Balaban J connectivity index is 1.64. The zero-order valence-electron chi connectivity index (χ0n) is 16.0. The maximum Gasteiger partial charge on any atom is 0.411 e. The number of amides is 1. The average molecular weight is 438 g/mol. The number of nitrogens with zero attached hydrogens (tertiary/aromatic N) is 2. The summed E-state index contributed by atoms with van der Waals surface area (Å²) in [6.45, 7) is 0.779. The highest BCUT2D eigenvalue weighted by molar-refractivity contribution is 6.30. The van der Waals surface area contributed by atoms with Crippen LogP contribution in [0, 0.1) is 6.92 Å². The van der Waals surface area contributed by atoms with Gasteiger partial charge in [0.1, 0.15) is 6.61 Å². The van der Waals surface area contributed by atoms with Gasteiger partial charge >= 0.3 is 6.18 Å². The van der Waals surface area contributed by atoms with Gasteiger partial charge < -0.3 is 10.1 Å². The Labute approximate surface area is 176 Å². The van der Waals surface area contributed by atoms with Gasteiger partial charge in [-0.1, -0.05) is 35.9 Å². The van der Waals surface area contributed by atoms with Crippen LogP contribution < -0.4 is 5.32 Å². The van der Waals surface area contributed by atoms with E-state index in [1.54, 1.807) is 35.0 Å². The van der Waals surface area contributed by atoms with E-state index in [1.165, 1.54) is 6.07 Å². The molecule has 0 bridgehead atoms. The molecule has 0 unspecified atom stereocenters. The zero-order chi connectivity index (χ0) is 21.7. The molecule has 5 nitrogen and oxygen atoms in total. The summed E-state index contributed by atoms with van der Waals surface area (Å²) in [4.78, 5) is 12.5. The second-order valence-corrected chi connectivity index (χ2v) is 7.16. The number of rotatable bonds is 7. The molecule has 0 aliphatic heterocycles. The molecule has 0 aliphatic rings. The van der Waals surface area contributed by atoms with E-state index in [0.717, 1.165) is 11.3 Å². The number of aromatic nitrogens is 2. The van der Waals surface area contributed by atoms with E-state index in [0.29, 0.717) is 28.5 Å². The van der Waals surface area contributed by atoms with Crippen molar-refractivity contribution in [3.63, 3.8) is 0 Å². The quantitative estimate of drug-likeness (QED) is 0.551. The van der Waals surface area contributed by atoms with Gasteiger partial charge in [0.2, 0.25) is 0 Å². The summed E-state index contributed by atoms with van der Waals surface area (Å²) in [6, 6.07) is 15.4. The van der Waals surface area contributed by atoms with Gasteiger partial charge in [-0.25, -0.2) is 0 Å². The smallest absolute Gasteiger partial charge is 0.367 e. The molecule has 3 rings (SSSR count). The first kappa shape index (κ1) is 21.9. The van der Waals surface area contributed by atoms with Gasteiger partial charge in [-0.2, -0.15) is 18.3 Å². The number of benzene rings is 2. The van der Waals surface area contributed by atoms with Gasteiger partial charge in [0, 0.05) is 22.3 Å². The van der Waals surface area contributed by atoms with Gasteiger partial charge in [-0.15, -0.1) is 0 Å². The van der Waals surface area contributed by atoms with Crippen molar-refractivity contribution in [2.24, 2.45) is 0 Å². The van der Waals surface area contributed by atoms with Crippen LogP contribution in [0.4, 0.5) is 19.0 Å². The van der Waals surface area contributed by atoms with Gasteiger partial charge in [0.15, 0.2) is 5.82 Å². The normalized spacial score (nSPS) is 11.5. The Bertz CT molecular complexity index is 1030. The van der Waals surface area contributed by atoms with Gasteiger partial charge in [-0.05, 0) is 42.3 Å². The fourth-order valence-corrected chi connectivity index (χ4v) is 3.03. The van der Waals surface area contributed by atoms with Crippen LogP contribution in [0.5, 0.6) is 0 Å². The Morgan fingerprint density at radius 3 is 2.60 bits per heavy atom. The minimum atomic E-state index is -4.39. The molecule has 9 heteroatoms. The number of ether oxygens (including phenoxy) is 1. The van der Waals surface area contributed by atoms with E-state index < -0.39 is 18.7 Å². The lowest BCUT2D eigenvalue weighted by Gasteiger charge is -2.09. The number of aryl methyl sites for hydroxylation is 1. The molecule has 158 valence electrons. The molecule has 1 aromatic heterocycles. The molecule has 2 aromatic carbocycles. The van der Waals surface area contributed by atoms with Crippen LogP contribution in [0.1, 0.15) is 27.2 Å². The summed E-state index contributed by atoms with van der Waals surface area (Å²) in [6.07, 6.45) is -4.39. The van der Waals surface area contributed by atoms with E-state index in [1.807, 2.05) is 25.1 Å². The Morgan fingerprint density at radius 2 is 1.87 bits per heavy atom. The Morgan fingerprint density at radius 1 is 1.13 bits per heavy atom. The Hall–Kier alpha value is -2.84. The van der Waals surface area contributed by atoms with Crippen molar-refractivity contribution in [2.75, 3.05) is 11.9 Å².